The maximum Gasteiger partial charge on any atom is 0.269 e. The standard InChI is InChI=1S/C16H17FN2O4S/c1-12(14-4-3-5-16(10-14)19(20)21)18(2)24(22,23)11-13-6-8-15(17)9-7-13/h3-10,12H,11H2,1-2H3. The van der Waals surface area contributed by atoms with Crippen LogP contribution in [0.15, 0.2) is 48.5 Å². The lowest BCUT2D eigenvalue weighted by molar-refractivity contribution is -0.384. The van der Waals surface area contributed by atoms with E-state index in [0.717, 1.165) is 4.31 Å². The molecule has 1 unspecified atom stereocenters. The highest BCUT2D eigenvalue weighted by Gasteiger charge is 2.25. The molecule has 2 rings (SSSR count). The Labute approximate surface area is 139 Å². The molecule has 0 aliphatic rings. The number of nitrogens with zero attached hydrogens (tertiary/aromatic N) is 2. The Hall–Kier alpha value is -2.32. The summed E-state index contributed by atoms with van der Waals surface area (Å²) >= 11 is 0. The second-order valence-electron chi connectivity index (χ2n) is 5.43. The van der Waals surface area contributed by atoms with Gasteiger partial charge in [0.1, 0.15) is 5.82 Å². The number of nitro groups is 1. The van der Waals surface area contributed by atoms with E-state index in [9.17, 15) is 22.9 Å². The fourth-order valence-electron chi connectivity index (χ4n) is 2.24. The molecule has 8 heteroatoms. The number of hydrogen-bond donors (Lipinski definition) is 0. The van der Waals surface area contributed by atoms with Gasteiger partial charge in [-0.2, -0.15) is 4.31 Å². The largest absolute Gasteiger partial charge is 0.269 e. The molecule has 2 aromatic carbocycles. The van der Waals surface area contributed by atoms with E-state index in [4.69, 9.17) is 0 Å². The van der Waals surface area contributed by atoms with Crippen LogP contribution in [-0.2, 0) is 15.8 Å². The molecule has 0 aromatic heterocycles. The van der Waals surface area contributed by atoms with Crippen molar-refractivity contribution in [3.8, 4) is 0 Å². The zero-order valence-electron chi connectivity index (χ0n) is 13.2. The van der Waals surface area contributed by atoms with Crippen molar-refractivity contribution in [2.24, 2.45) is 0 Å². The van der Waals surface area contributed by atoms with E-state index < -0.39 is 26.8 Å². The van der Waals surface area contributed by atoms with Crippen molar-refractivity contribution in [3.63, 3.8) is 0 Å². The van der Waals surface area contributed by atoms with Crippen LogP contribution < -0.4 is 0 Å². The van der Waals surface area contributed by atoms with Gasteiger partial charge in [-0.3, -0.25) is 10.1 Å². The van der Waals surface area contributed by atoms with E-state index in [2.05, 4.69) is 0 Å². The number of hydrogen-bond acceptors (Lipinski definition) is 4. The van der Waals surface area contributed by atoms with Gasteiger partial charge in [-0.25, -0.2) is 12.8 Å². The van der Waals surface area contributed by atoms with Crippen molar-refractivity contribution in [3.05, 3.63) is 75.6 Å². The van der Waals surface area contributed by atoms with Gasteiger partial charge in [0.15, 0.2) is 0 Å². The molecule has 0 aliphatic heterocycles. The minimum absolute atomic E-state index is 0.0938. The van der Waals surface area contributed by atoms with Gasteiger partial charge < -0.3 is 0 Å². The Morgan fingerprint density at radius 2 is 1.83 bits per heavy atom. The summed E-state index contributed by atoms with van der Waals surface area (Å²) in [5, 5.41) is 10.9. The number of nitro benzene ring substituents is 1. The van der Waals surface area contributed by atoms with E-state index in [-0.39, 0.29) is 11.4 Å². The van der Waals surface area contributed by atoms with Gasteiger partial charge >= 0.3 is 0 Å². The fraction of sp³-hybridized carbons (Fsp3) is 0.250. The molecular weight excluding hydrogens is 335 g/mol. The monoisotopic (exact) mass is 352 g/mol. The molecule has 0 spiro atoms. The highest BCUT2D eigenvalue weighted by molar-refractivity contribution is 7.88. The molecule has 0 bridgehead atoms. The molecule has 0 radical (unpaired) electrons. The first kappa shape index (κ1) is 18.0. The highest BCUT2D eigenvalue weighted by Crippen LogP contribution is 2.26. The van der Waals surface area contributed by atoms with Crippen molar-refractivity contribution in [2.45, 2.75) is 18.7 Å². The summed E-state index contributed by atoms with van der Waals surface area (Å²) in [4.78, 5) is 10.3. The van der Waals surface area contributed by atoms with Crippen LogP contribution in [0.3, 0.4) is 0 Å². The van der Waals surface area contributed by atoms with Crippen molar-refractivity contribution in [1.29, 1.82) is 0 Å². The third kappa shape index (κ3) is 4.15. The third-order valence-electron chi connectivity index (χ3n) is 3.81. The predicted molar refractivity (Wildman–Crippen MR) is 88.3 cm³/mol. The predicted octanol–water partition coefficient (Wildman–Crippen LogP) is 3.26. The summed E-state index contributed by atoms with van der Waals surface area (Å²) < 4.78 is 39.1. The zero-order valence-corrected chi connectivity index (χ0v) is 14.0. The second-order valence-corrected chi connectivity index (χ2v) is 7.46. The lowest BCUT2D eigenvalue weighted by Gasteiger charge is -2.24. The molecule has 1 atom stereocenters. The van der Waals surface area contributed by atoms with Crippen molar-refractivity contribution >= 4 is 15.7 Å². The van der Waals surface area contributed by atoms with E-state index in [1.54, 1.807) is 13.0 Å². The fourth-order valence-corrected chi connectivity index (χ4v) is 3.66. The lowest BCUT2D eigenvalue weighted by Crippen LogP contribution is -2.30. The van der Waals surface area contributed by atoms with Gasteiger partial charge in [-0.1, -0.05) is 24.3 Å². The molecule has 0 saturated carbocycles. The van der Waals surface area contributed by atoms with Gasteiger partial charge in [-0.15, -0.1) is 0 Å². The maximum absolute atomic E-state index is 12.9. The minimum Gasteiger partial charge on any atom is -0.258 e. The third-order valence-corrected chi connectivity index (χ3v) is 5.70. The maximum atomic E-state index is 12.9. The van der Waals surface area contributed by atoms with E-state index >= 15 is 0 Å². The molecule has 2 aromatic rings. The van der Waals surface area contributed by atoms with Crippen LogP contribution in [0, 0.1) is 15.9 Å². The lowest BCUT2D eigenvalue weighted by atomic mass is 10.1. The Morgan fingerprint density at radius 1 is 1.21 bits per heavy atom. The van der Waals surface area contributed by atoms with Gasteiger partial charge in [0.25, 0.3) is 5.69 Å². The van der Waals surface area contributed by atoms with Crippen LogP contribution in [0.1, 0.15) is 24.1 Å². The first-order chi connectivity index (χ1) is 11.2. The van der Waals surface area contributed by atoms with Gasteiger partial charge in [0.05, 0.1) is 10.7 Å². The van der Waals surface area contributed by atoms with Crippen LogP contribution in [0.25, 0.3) is 0 Å². The average Bonchev–Trinajstić information content (AvgIpc) is 2.55. The van der Waals surface area contributed by atoms with Crippen LogP contribution >= 0.6 is 0 Å². The average molecular weight is 352 g/mol. The SMILES string of the molecule is CC(c1cccc([N+](=O)[O-])c1)N(C)S(=O)(=O)Cc1ccc(F)cc1. The van der Waals surface area contributed by atoms with Crippen molar-refractivity contribution < 1.29 is 17.7 Å². The number of halogens is 1. The topological polar surface area (TPSA) is 80.5 Å². The van der Waals surface area contributed by atoms with E-state index in [1.807, 2.05) is 0 Å². The van der Waals surface area contributed by atoms with Gasteiger partial charge in [-0.05, 0) is 30.2 Å². The molecule has 128 valence electrons. The first-order valence-electron chi connectivity index (χ1n) is 7.15. The molecular formula is C16H17FN2O4S. The van der Waals surface area contributed by atoms with E-state index in [1.165, 1.54) is 49.5 Å². The Bertz CT molecular complexity index is 837. The molecule has 0 fully saturated rings. The number of sulfonamides is 1. The first-order valence-corrected chi connectivity index (χ1v) is 8.76. The molecule has 0 saturated heterocycles. The van der Waals surface area contributed by atoms with Crippen molar-refractivity contribution in [1.82, 2.24) is 4.31 Å². The van der Waals surface area contributed by atoms with Crippen LogP contribution in [0.2, 0.25) is 0 Å². The van der Waals surface area contributed by atoms with Gasteiger partial charge in [0.2, 0.25) is 10.0 Å². The quantitative estimate of drug-likeness (QED) is 0.590. The Kier molecular flexibility index (Phi) is 5.30. The smallest absolute Gasteiger partial charge is 0.258 e. The summed E-state index contributed by atoms with van der Waals surface area (Å²) in [6.07, 6.45) is 0. The second kappa shape index (κ2) is 7.06. The van der Waals surface area contributed by atoms with E-state index in [0.29, 0.717) is 11.1 Å². The molecule has 0 N–H and O–H groups in total. The normalized spacial score (nSPS) is 13.0. The number of rotatable bonds is 6. The van der Waals surface area contributed by atoms with Gasteiger partial charge in [0, 0.05) is 25.2 Å². The summed E-state index contributed by atoms with van der Waals surface area (Å²) in [6.45, 7) is 1.65. The van der Waals surface area contributed by atoms with Crippen LogP contribution in [-0.4, -0.2) is 24.7 Å². The Balaban J connectivity index is 2.22. The molecule has 24 heavy (non-hydrogen) atoms. The summed E-state index contributed by atoms with van der Waals surface area (Å²) in [5.74, 6) is -0.710. The molecule has 0 heterocycles. The van der Waals surface area contributed by atoms with Crippen LogP contribution in [0.5, 0.6) is 0 Å². The van der Waals surface area contributed by atoms with Crippen molar-refractivity contribution in [2.75, 3.05) is 7.05 Å². The summed E-state index contributed by atoms with van der Waals surface area (Å²) in [5.41, 5.74) is 0.896. The summed E-state index contributed by atoms with van der Waals surface area (Å²) in [7, 11) is -2.25. The molecule has 0 aliphatic carbocycles. The Morgan fingerprint density at radius 3 is 2.42 bits per heavy atom. The summed E-state index contributed by atoms with van der Waals surface area (Å²) in [6, 6.07) is 10.5. The molecule has 6 nitrogen and oxygen atoms in total. The number of non-ortho nitro benzene ring substituents is 1. The highest BCUT2D eigenvalue weighted by atomic mass is 32.2. The molecule has 0 amide bonds. The zero-order chi connectivity index (χ0) is 17.9. The minimum atomic E-state index is -3.67. The number of benzene rings is 2. The van der Waals surface area contributed by atoms with Crippen LogP contribution in [0.4, 0.5) is 10.1 Å².